The molecule has 130 valence electrons. The molecule has 0 spiro atoms. The molecule has 2 heterocycles. The number of piperazine rings is 1. The molecule has 0 bridgehead atoms. The molecule has 1 atom stereocenters. The van der Waals surface area contributed by atoms with E-state index in [1.165, 1.54) is 4.70 Å². The smallest absolute Gasteiger partial charge is 0.231 e. The van der Waals surface area contributed by atoms with Crippen molar-refractivity contribution in [3.63, 3.8) is 0 Å². The number of aromatic nitrogens is 1. The van der Waals surface area contributed by atoms with Crippen LogP contribution in [0.25, 0.3) is 10.2 Å². The van der Waals surface area contributed by atoms with Crippen LogP contribution in [0.15, 0.2) is 24.3 Å². The van der Waals surface area contributed by atoms with Gasteiger partial charge in [-0.25, -0.2) is 4.98 Å². The van der Waals surface area contributed by atoms with E-state index < -0.39 is 0 Å². The maximum atomic E-state index is 11.3. The van der Waals surface area contributed by atoms with Gasteiger partial charge in [0.25, 0.3) is 0 Å². The Morgan fingerprint density at radius 1 is 1.42 bits per heavy atom. The van der Waals surface area contributed by atoms with E-state index in [1.807, 2.05) is 25.1 Å². The zero-order chi connectivity index (χ0) is 16.9. The third-order valence-corrected chi connectivity index (χ3v) is 5.41. The molecule has 1 fully saturated rings. The minimum absolute atomic E-state index is 0.177. The number of nitrogens with two attached hydrogens (primary N) is 1. The van der Waals surface area contributed by atoms with E-state index in [0.717, 1.165) is 43.3 Å². The second-order valence-corrected chi connectivity index (χ2v) is 7.03. The highest BCUT2D eigenvalue weighted by molar-refractivity contribution is 7.18. The number of hydrogen-bond acceptors (Lipinski definition) is 6. The van der Waals surface area contributed by atoms with Crippen LogP contribution < -0.4 is 5.73 Å². The summed E-state index contributed by atoms with van der Waals surface area (Å²) in [6.07, 6.45) is 0. The number of ether oxygens (including phenoxy) is 1. The SMILES string of the molecule is CCOCCN1CCN(CC(N)=O)CC1c1nc2ccccc2s1. The molecule has 24 heavy (non-hydrogen) atoms. The third-order valence-electron chi connectivity index (χ3n) is 4.28. The molecule has 1 aliphatic heterocycles. The molecule has 0 aliphatic carbocycles. The molecule has 0 radical (unpaired) electrons. The minimum atomic E-state index is -0.277. The second-order valence-electron chi connectivity index (χ2n) is 5.97. The summed E-state index contributed by atoms with van der Waals surface area (Å²) < 4.78 is 6.72. The number of primary amides is 1. The summed E-state index contributed by atoms with van der Waals surface area (Å²) in [5.41, 5.74) is 6.41. The molecule has 1 aliphatic rings. The average Bonchev–Trinajstić information content (AvgIpc) is 2.99. The van der Waals surface area contributed by atoms with Gasteiger partial charge in [-0.2, -0.15) is 0 Å². The molecule has 2 aromatic rings. The Kier molecular flexibility index (Phi) is 5.78. The number of benzene rings is 1. The lowest BCUT2D eigenvalue weighted by Gasteiger charge is -2.40. The highest BCUT2D eigenvalue weighted by Crippen LogP contribution is 2.31. The summed E-state index contributed by atoms with van der Waals surface area (Å²) in [7, 11) is 0. The van der Waals surface area contributed by atoms with Gasteiger partial charge >= 0.3 is 0 Å². The van der Waals surface area contributed by atoms with Crippen LogP contribution in [0.1, 0.15) is 18.0 Å². The van der Waals surface area contributed by atoms with Gasteiger partial charge in [0.1, 0.15) is 5.01 Å². The van der Waals surface area contributed by atoms with Gasteiger partial charge in [-0.3, -0.25) is 14.6 Å². The summed E-state index contributed by atoms with van der Waals surface area (Å²) in [6.45, 7) is 7.14. The molecular weight excluding hydrogens is 324 g/mol. The maximum Gasteiger partial charge on any atom is 0.231 e. The van der Waals surface area contributed by atoms with Crippen molar-refractivity contribution in [1.29, 1.82) is 0 Å². The Morgan fingerprint density at radius 2 is 2.25 bits per heavy atom. The monoisotopic (exact) mass is 348 g/mol. The van der Waals surface area contributed by atoms with Crippen molar-refractivity contribution in [3.05, 3.63) is 29.3 Å². The molecule has 0 saturated carbocycles. The molecule has 1 aromatic heterocycles. The average molecular weight is 348 g/mol. The number of hydrogen-bond donors (Lipinski definition) is 1. The van der Waals surface area contributed by atoms with E-state index in [0.29, 0.717) is 13.2 Å². The van der Waals surface area contributed by atoms with E-state index in [4.69, 9.17) is 15.5 Å². The largest absolute Gasteiger partial charge is 0.380 e. The lowest BCUT2D eigenvalue weighted by atomic mass is 10.1. The van der Waals surface area contributed by atoms with Gasteiger partial charge in [-0.1, -0.05) is 12.1 Å². The normalized spacial score (nSPS) is 19.8. The number of carbonyl (C=O) groups excluding carboxylic acids is 1. The summed E-state index contributed by atoms with van der Waals surface area (Å²) >= 11 is 1.73. The molecule has 6 nitrogen and oxygen atoms in total. The number of para-hydroxylation sites is 1. The van der Waals surface area contributed by atoms with Gasteiger partial charge in [0.15, 0.2) is 0 Å². The molecule has 1 aromatic carbocycles. The van der Waals surface area contributed by atoms with Crippen molar-refractivity contribution >= 4 is 27.5 Å². The van der Waals surface area contributed by atoms with Gasteiger partial charge < -0.3 is 10.5 Å². The Morgan fingerprint density at radius 3 is 3.00 bits per heavy atom. The predicted octanol–water partition coefficient (Wildman–Crippen LogP) is 1.48. The van der Waals surface area contributed by atoms with Gasteiger partial charge in [0.05, 0.1) is 29.4 Å². The maximum absolute atomic E-state index is 11.3. The van der Waals surface area contributed by atoms with Crippen molar-refractivity contribution in [2.24, 2.45) is 5.73 Å². The number of thiazole rings is 1. The zero-order valence-corrected chi connectivity index (χ0v) is 14.8. The molecule has 3 rings (SSSR count). The fourth-order valence-electron chi connectivity index (χ4n) is 3.10. The van der Waals surface area contributed by atoms with Crippen molar-refractivity contribution in [3.8, 4) is 0 Å². The third kappa shape index (κ3) is 4.10. The molecule has 1 unspecified atom stereocenters. The van der Waals surface area contributed by atoms with Crippen molar-refractivity contribution in [2.45, 2.75) is 13.0 Å². The quantitative estimate of drug-likeness (QED) is 0.768. The molecular formula is C17H24N4O2S. The van der Waals surface area contributed by atoms with E-state index in [1.54, 1.807) is 11.3 Å². The second kappa shape index (κ2) is 8.02. The van der Waals surface area contributed by atoms with Crippen LogP contribution >= 0.6 is 11.3 Å². The predicted molar refractivity (Wildman–Crippen MR) is 96.1 cm³/mol. The van der Waals surface area contributed by atoms with Crippen LogP contribution in [0.4, 0.5) is 0 Å². The zero-order valence-electron chi connectivity index (χ0n) is 14.0. The van der Waals surface area contributed by atoms with Gasteiger partial charge in [-0.05, 0) is 19.1 Å². The minimum Gasteiger partial charge on any atom is -0.380 e. The molecule has 7 heteroatoms. The van der Waals surface area contributed by atoms with Gasteiger partial charge in [-0.15, -0.1) is 11.3 Å². The van der Waals surface area contributed by atoms with Crippen LogP contribution in [-0.4, -0.2) is 66.6 Å². The van der Waals surface area contributed by atoms with Crippen molar-refractivity contribution in [2.75, 3.05) is 45.9 Å². The first-order chi connectivity index (χ1) is 11.7. The molecule has 2 N–H and O–H groups in total. The van der Waals surface area contributed by atoms with E-state index >= 15 is 0 Å². The number of carbonyl (C=O) groups is 1. The van der Waals surface area contributed by atoms with Crippen LogP contribution in [0.3, 0.4) is 0 Å². The Hall–Kier alpha value is -1.54. The van der Waals surface area contributed by atoms with E-state index in [-0.39, 0.29) is 11.9 Å². The fraction of sp³-hybridized carbons (Fsp3) is 0.529. The Labute approximate surface area is 146 Å². The lowest BCUT2D eigenvalue weighted by Crippen LogP contribution is -2.51. The van der Waals surface area contributed by atoms with Gasteiger partial charge in [0, 0.05) is 32.8 Å². The van der Waals surface area contributed by atoms with Crippen LogP contribution in [0.5, 0.6) is 0 Å². The first kappa shape index (κ1) is 17.3. The van der Waals surface area contributed by atoms with Crippen molar-refractivity contribution in [1.82, 2.24) is 14.8 Å². The molecule has 1 saturated heterocycles. The number of nitrogens with zero attached hydrogens (tertiary/aromatic N) is 3. The van der Waals surface area contributed by atoms with Crippen LogP contribution in [-0.2, 0) is 9.53 Å². The Balaban J connectivity index is 1.80. The highest BCUT2D eigenvalue weighted by Gasteiger charge is 2.30. The highest BCUT2D eigenvalue weighted by atomic mass is 32.1. The van der Waals surface area contributed by atoms with Crippen LogP contribution in [0.2, 0.25) is 0 Å². The topological polar surface area (TPSA) is 71.7 Å². The first-order valence-electron chi connectivity index (χ1n) is 8.35. The first-order valence-corrected chi connectivity index (χ1v) is 9.17. The number of fused-ring (bicyclic) bond motifs is 1. The number of amides is 1. The summed E-state index contributed by atoms with van der Waals surface area (Å²) in [6, 6.07) is 8.38. The standard InChI is InChI=1S/C17H24N4O2S/c1-2-23-10-9-21-8-7-20(12-16(18)22)11-14(21)17-19-13-5-3-4-6-15(13)24-17/h3-6,14H,2,7-12H2,1H3,(H2,18,22). The molecule has 1 amide bonds. The van der Waals surface area contributed by atoms with Crippen LogP contribution in [0, 0.1) is 0 Å². The summed E-state index contributed by atoms with van der Waals surface area (Å²) in [5, 5.41) is 1.10. The van der Waals surface area contributed by atoms with E-state index in [2.05, 4.69) is 15.9 Å². The lowest BCUT2D eigenvalue weighted by molar-refractivity contribution is -0.120. The van der Waals surface area contributed by atoms with Crippen molar-refractivity contribution < 1.29 is 9.53 Å². The summed E-state index contributed by atoms with van der Waals surface area (Å²) in [5.74, 6) is -0.277. The van der Waals surface area contributed by atoms with Gasteiger partial charge in [0.2, 0.25) is 5.91 Å². The number of rotatable bonds is 7. The summed E-state index contributed by atoms with van der Waals surface area (Å²) in [4.78, 5) is 20.6. The van der Waals surface area contributed by atoms with E-state index in [9.17, 15) is 4.79 Å². The Bertz CT molecular complexity index is 657. The fourth-order valence-corrected chi connectivity index (χ4v) is 4.20.